The number of hydrogen-bond donors (Lipinski definition) is 1. The lowest BCUT2D eigenvalue weighted by Gasteiger charge is -2.33. The lowest BCUT2D eigenvalue weighted by atomic mass is 9.93. The fraction of sp³-hybridized carbons (Fsp3) is 0.400. The van der Waals surface area contributed by atoms with E-state index in [-0.39, 0.29) is 4.91 Å². The summed E-state index contributed by atoms with van der Waals surface area (Å²) in [6.07, 6.45) is 1.53. The lowest BCUT2D eigenvalue weighted by molar-refractivity contribution is -0.129. The topological polar surface area (TPSA) is 93.1 Å². The number of hydrogen-bond acceptors (Lipinski definition) is 6. The molecule has 23 heavy (non-hydrogen) atoms. The fourth-order valence-electron chi connectivity index (χ4n) is 3.20. The van der Waals surface area contributed by atoms with Crippen LogP contribution in [0.25, 0.3) is 0 Å². The van der Waals surface area contributed by atoms with Crippen molar-refractivity contribution in [1.82, 2.24) is 4.90 Å². The molecule has 0 bridgehead atoms. The van der Waals surface area contributed by atoms with E-state index in [0.29, 0.717) is 30.0 Å². The SMILES string of the molecule is COc1cc2c(cc1OC)C1C(S(C)(=O)=O)=C(O)C(=O)N1CC2. The third-order valence-corrected chi connectivity index (χ3v) is 5.43. The summed E-state index contributed by atoms with van der Waals surface area (Å²) in [5.74, 6) is -0.367. The van der Waals surface area contributed by atoms with Gasteiger partial charge < -0.3 is 19.5 Å². The first kappa shape index (κ1) is 15.7. The highest BCUT2D eigenvalue weighted by Crippen LogP contribution is 2.46. The monoisotopic (exact) mass is 339 g/mol. The van der Waals surface area contributed by atoms with Gasteiger partial charge in [0, 0.05) is 12.8 Å². The van der Waals surface area contributed by atoms with Crippen LogP contribution >= 0.6 is 0 Å². The second-order valence-electron chi connectivity index (χ2n) is 5.54. The lowest BCUT2D eigenvalue weighted by Crippen LogP contribution is -2.36. The molecule has 0 saturated heterocycles. The van der Waals surface area contributed by atoms with Crippen molar-refractivity contribution < 1.29 is 27.8 Å². The molecule has 3 rings (SSSR count). The molecule has 1 amide bonds. The summed E-state index contributed by atoms with van der Waals surface area (Å²) < 4.78 is 34.7. The van der Waals surface area contributed by atoms with E-state index in [0.717, 1.165) is 11.8 Å². The number of ether oxygens (including phenoxy) is 2. The van der Waals surface area contributed by atoms with Crippen LogP contribution in [0, 0.1) is 0 Å². The first-order valence-corrected chi connectivity index (χ1v) is 8.87. The third kappa shape index (κ3) is 2.24. The number of methoxy groups -OCH3 is 2. The molecule has 1 N–H and O–H groups in total. The summed E-state index contributed by atoms with van der Waals surface area (Å²) >= 11 is 0. The summed E-state index contributed by atoms with van der Waals surface area (Å²) in [5.41, 5.74) is 1.50. The predicted molar refractivity (Wildman–Crippen MR) is 82.2 cm³/mol. The smallest absolute Gasteiger partial charge is 0.290 e. The number of sulfone groups is 1. The van der Waals surface area contributed by atoms with Crippen molar-refractivity contribution in [2.45, 2.75) is 12.5 Å². The summed E-state index contributed by atoms with van der Waals surface area (Å²) in [5, 5.41) is 10.0. The largest absolute Gasteiger partial charge is 0.502 e. The Morgan fingerprint density at radius 3 is 2.39 bits per heavy atom. The number of aliphatic hydroxyl groups excluding tert-OH is 1. The van der Waals surface area contributed by atoms with Crippen LogP contribution in [0.3, 0.4) is 0 Å². The molecule has 2 aliphatic rings. The second-order valence-corrected chi connectivity index (χ2v) is 7.53. The summed E-state index contributed by atoms with van der Waals surface area (Å²) in [4.78, 5) is 13.3. The second kappa shape index (κ2) is 5.16. The van der Waals surface area contributed by atoms with Gasteiger partial charge in [-0.1, -0.05) is 0 Å². The summed E-state index contributed by atoms with van der Waals surface area (Å²) in [6, 6.07) is 2.63. The molecule has 1 unspecified atom stereocenters. The Hall–Kier alpha value is -2.22. The first-order valence-electron chi connectivity index (χ1n) is 6.98. The van der Waals surface area contributed by atoms with Gasteiger partial charge in [-0.05, 0) is 29.7 Å². The van der Waals surface area contributed by atoms with Crippen LogP contribution in [0.4, 0.5) is 0 Å². The predicted octanol–water partition coefficient (Wildman–Crippen LogP) is 0.957. The van der Waals surface area contributed by atoms with Crippen molar-refractivity contribution in [1.29, 1.82) is 0 Å². The van der Waals surface area contributed by atoms with Crippen LogP contribution in [0.2, 0.25) is 0 Å². The maximum absolute atomic E-state index is 12.2. The molecule has 7 nitrogen and oxygen atoms in total. The quantitative estimate of drug-likeness (QED) is 0.881. The highest BCUT2D eigenvalue weighted by atomic mass is 32.2. The first-order chi connectivity index (χ1) is 10.8. The van der Waals surface area contributed by atoms with Gasteiger partial charge in [-0.15, -0.1) is 0 Å². The van der Waals surface area contributed by atoms with E-state index in [4.69, 9.17) is 9.47 Å². The maximum Gasteiger partial charge on any atom is 0.290 e. The van der Waals surface area contributed by atoms with Gasteiger partial charge in [0.1, 0.15) is 4.91 Å². The third-order valence-electron chi connectivity index (χ3n) is 4.22. The highest BCUT2D eigenvalue weighted by Gasteiger charge is 2.47. The van der Waals surface area contributed by atoms with Gasteiger partial charge in [-0.25, -0.2) is 8.42 Å². The van der Waals surface area contributed by atoms with Gasteiger partial charge in [0.25, 0.3) is 5.91 Å². The van der Waals surface area contributed by atoms with Crippen LogP contribution in [-0.4, -0.2) is 51.4 Å². The number of carbonyl (C=O) groups excluding carboxylic acids is 1. The number of benzene rings is 1. The number of nitrogens with zero attached hydrogens (tertiary/aromatic N) is 1. The number of aliphatic hydroxyl groups is 1. The average molecular weight is 339 g/mol. The van der Waals surface area contributed by atoms with Gasteiger partial charge in [0.15, 0.2) is 27.1 Å². The minimum atomic E-state index is -3.74. The van der Waals surface area contributed by atoms with Gasteiger partial charge in [-0.2, -0.15) is 0 Å². The molecule has 8 heteroatoms. The number of fused-ring (bicyclic) bond motifs is 3. The van der Waals surface area contributed by atoms with Gasteiger partial charge in [0.05, 0.1) is 20.3 Å². The van der Waals surface area contributed by atoms with Crippen molar-refractivity contribution in [3.05, 3.63) is 33.9 Å². The average Bonchev–Trinajstić information content (AvgIpc) is 2.77. The molecule has 0 aliphatic carbocycles. The molecule has 1 atom stereocenters. The Kier molecular flexibility index (Phi) is 3.51. The molecule has 0 fully saturated rings. The van der Waals surface area contributed by atoms with Crippen LogP contribution in [0.1, 0.15) is 17.2 Å². The maximum atomic E-state index is 12.2. The minimum Gasteiger partial charge on any atom is -0.502 e. The van der Waals surface area contributed by atoms with Crippen LogP contribution < -0.4 is 9.47 Å². The molecule has 2 heterocycles. The Bertz CT molecular complexity index is 827. The van der Waals surface area contributed by atoms with Crippen molar-refractivity contribution in [3.63, 3.8) is 0 Å². The van der Waals surface area contributed by atoms with E-state index in [1.807, 2.05) is 0 Å². The summed E-state index contributed by atoms with van der Waals surface area (Å²) in [7, 11) is -0.736. The van der Waals surface area contributed by atoms with Gasteiger partial charge in [0.2, 0.25) is 0 Å². The van der Waals surface area contributed by atoms with Gasteiger partial charge in [-0.3, -0.25) is 4.79 Å². The van der Waals surface area contributed by atoms with E-state index < -0.39 is 27.5 Å². The molecule has 1 aromatic carbocycles. The molecular formula is C15H17NO6S. The zero-order chi connectivity index (χ0) is 16.9. The molecule has 2 aliphatic heterocycles. The van der Waals surface area contributed by atoms with Crippen LogP contribution in [0.15, 0.2) is 22.8 Å². The van der Waals surface area contributed by atoms with E-state index >= 15 is 0 Å². The zero-order valence-electron chi connectivity index (χ0n) is 13.0. The molecule has 124 valence electrons. The number of carbonyl (C=O) groups is 1. The normalized spacial score (nSPS) is 20.4. The zero-order valence-corrected chi connectivity index (χ0v) is 13.8. The van der Waals surface area contributed by atoms with Gasteiger partial charge >= 0.3 is 0 Å². The van der Waals surface area contributed by atoms with E-state index in [1.165, 1.54) is 19.1 Å². The van der Waals surface area contributed by atoms with E-state index in [9.17, 15) is 18.3 Å². The molecule has 0 radical (unpaired) electrons. The summed E-state index contributed by atoms with van der Waals surface area (Å²) in [6.45, 7) is 0.328. The van der Waals surface area contributed by atoms with Crippen LogP contribution in [-0.2, 0) is 21.1 Å². The molecule has 1 aromatic rings. The Morgan fingerprint density at radius 1 is 1.22 bits per heavy atom. The standard InChI is InChI=1S/C15H17NO6S/c1-21-10-6-8-4-5-16-12(9(8)7-11(10)22-2)14(23(3,19)20)13(17)15(16)18/h6-7,12,17H,4-5H2,1-3H3. The van der Waals surface area contributed by atoms with E-state index in [1.54, 1.807) is 12.1 Å². The molecule has 0 aromatic heterocycles. The van der Waals surface area contributed by atoms with Crippen molar-refractivity contribution in [2.24, 2.45) is 0 Å². The highest BCUT2D eigenvalue weighted by molar-refractivity contribution is 7.94. The van der Waals surface area contributed by atoms with E-state index in [2.05, 4.69) is 0 Å². The van der Waals surface area contributed by atoms with Crippen molar-refractivity contribution >= 4 is 15.7 Å². The molecule has 0 saturated carbocycles. The van der Waals surface area contributed by atoms with Crippen molar-refractivity contribution in [2.75, 3.05) is 27.0 Å². The van der Waals surface area contributed by atoms with Crippen LogP contribution in [0.5, 0.6) is 11.5 Å². The molecular weight excluding hydrogens is 322 g/mol. The number of rotatable bonds is 3. The Labute approximate surface area is 134 Å². The Balaban J connectivity index is 2.24. The fourth-order valence-corrected chi connectivity index (χ4v) is 4.29. The molecule has 0 spiro atoms. The Morgan fingerprint density at radius 2 is 1.83 bits per heavy atom. The number of amides is 1. The minimum absolute atomic E-state index is 0.254. The van der Waals surface area contributed by atoms with Crippen molar-refractivity contribution in [3.8, 4) is 11.5 Å².